The lowest BCUT2D eigenvalue weighted by Gasteiger charge is -1.99. The Labute approximate surface area is 111 Å². The van der Waals surface area contributed by atoms with Crippen LogP contribution in [0.15, 0.2) is 28.7 Å². The van der Waals surface area contributed by atoms with Crippen LogP contribution < -0.4 is 4.74 Å². The molecule has 0 bridgehead atoms. The summed E-state index contributed by atoms with van der Waals surface area (Å²) in [6.45, 7) is 5.63. The molecule has 100 valence electrons. The number of aromatic nitrogens is 1. The molecule has 0 atom stereocenters. The number of carbonyl (C=O) groups excluding carboxylic acids is 1. The van der Waals surface area contributed by atoms with E-state index in [2.05, 4.69) is 9.72 Å². The largest absolute Gasteiger partial charge is 0.515 e. The molecule has 1 aromatic carbocycles. The van der Waals surface area contributed by atoms with Crippen LogP contribution in [0, 0.1) is 13.8 Å². The second kappa shape index (κ2) is 5.56. The topological polar surface area (TPSA) is 61.6 Å². The maximum absolute atomic E-state index is 11.2. The molecule has 0 saturated heterocycles. The Morgan fingerprint density at radius 1 is 1.26 bits per heavy atom. The van der Waals surface area contributed by atoms with Crippen LogP contribution in [0.2, 0.25) is 0 Å². The lowest BCUT2D eigenvalue weighted by atomic mass is 10.1. The quantitative estimate of drug-likeness (QED) is 0.791. The van der Waals surface area contributed by atoms with Gasteiger partial charge in [-0.05, 0) is 32.9 Å². The van der Waals surface area contributed by atoms with Gasteiger partial charge in [0.25, 0.3) is 5.88 Å². The van der Waals surface area contributed by atoms with E-state index in [4.69, 9.17) is 9.15 Å². The van der Waals surface area contributed by atoms with Crippen molar-refractivity contribution in [1.29, 1.82) is 0 Å². The first kappa shape index (κ1) is 13.1. The number of carbonyl (C=O) groups is 1. The van der Waals surface area contributed by atoms with E-state index in [0.29, 0.717) is 11.7 Å². The van der Waals surface area contributed by atoms with Gasteiger partial charge in [0.15, 0.2) is 5.76 Å². The van der Waals surface area contributed by atoms with Crippen molar-refractivity contribution in [3.63, 3.8) is 0 Å². The van der Waals surface area contributed by atoms with Crippen molar-refractivity contribution in [1.82, 2.24) is 4.98 Å². The summed E-state index contributed by atoms with van der Waals surface area (Å²) in [4.78, 5) is 15.4. The van der Waals surface area contributed by atoms with Crippen LogP contribution in [-0.2, 0) is 4.74 Å². The van der Waals surface area contributed by atoms with E-state index in [-0.39, 0.29) is 12.5 Å². The fraction of sp³-hybridized carbons (Fsp3) is 0.286. The van der Waals surface area contributed by atoms with Gasteiger partial charge in [0.1, 0.15) is 0 Å². The molecule has 5 nitrogen and oxygen atoms in total. The van der Waals surface area contributed by atoms with E-state index < -0.39 is 6.16 Å². The summed E-state index contributed by atoms with van der Waals surface area (Å²) in [5.41, 5.74) is 1.97. The summed E-state index contributed by atoms with van der Waals surface area (Å²) in [7, 11) is 0. The molecule has 2 rings (SSSR count). The number of aryl methyl sites for hydroxylation is 2. The van der Waals surface area contributed by atoms with Crippen LogP contribution >= 0.6 is 0 Å². The van der Waals surface area contributed by atoms with Crippen LogP contribution in [0.4, 0.5) is 4.79 Å². The maximum atomic E-state index is 11.2. The summed E-state index contributed by atoms with van der Waals surface area (Å²) in [6, 6.07) is 7.71. The normalized spacial score (nSPS) is 10.3. The Hall–Kier alpha value is -2.30. The van der Waals surface area contributed by atoms with Crippen molar-refractivity contribution in [3.05, 3.63) is 35.6 Å². The summed E-state index contributed by atoms with van der Waals surface area (Å²) < 4.78 is 15.1. The first-order valence-electron chi connectivity index (χ1n) is 5.99. The van der Waals surface area contributed by atoms with E-state index in [1.54, 1.807) is 13.8 Å². The number of hydrogen-bond acceptors (Lipinski definition) is 5. The van der Waals surface area contributed by atoms with Gasteiger partial charge in [0.05, 0.1) is 6.61 Å². The van der Waals surface area contributed by atoms with Crippen molar-refractivity contribution < 1.29 is 18.7 Å². The number of ether oxygens (including phenoxy) is 2. The van der Waals surface area contributed by atoms with Crippen molar-refractivity contribution in [2.24, 2.45) is 0 Å². The van der Waals surface area contributed by atoms with Gasteiger partial charge < -0.3 is 13.9 Å². The minimum absolute atomic E-state index is 0.133. The zero-order chi connectivity index (χ0) is 13.8. The minimum Gasteiger partial charge on any atom is -0.437 e. The molecule has 0 aliphatic carbocycles. The third kappa shape index (κ3) is 3.13. The molecule has 0 unspecified atom stereocenters. The van der Waals surface area contributed by atoms with E-state index in [1.807, 2.05) is 31.2 Å². The Kier molecular flexibility index (Phi) is 3.85. The number of benzene rings is 1. The zero-order valence-corrected chi connectivity index (χ0v) is 11.1. The molecular weight excluding hydrogens is 246 g/mol. The molecule has 1 aromatic heterocycles. The second-order valence-electron chi connectivity index (χ2n) is 4.03. The van der Waals surface area contributed by atoms with Gasteiger partial charge in [0.2, 0.25) is 5.89 Å². The van der Waals surface area contributed by atoms with Crippen LogP contribution in [0.3, 0.4) is 0 Å². The van der Waals surface area contributed by atoms with E-state index >= 15 is 0 Å². The van der Waals surface area contributed by atoms with Crippen LogP contribution in [0.5, 0.6) is 5.88 Å². The highest BCUT2D eigenvalue weighted by molar-refractivity contribution is 5.64. The van der Waals surface area contributed by atoms with Gasteiger partial charge in [-0.15, -0.1) is 0 Å². The number of rotatable bonds is 3. The van der Waals surface area contributed by atoms with Crippen LogP contribution in [0.25, 0.3) is 11.5 Å². The first-order valence-corrected chi connectivity index (χ1v) is 5.99. The predicted molar refractivity (Wildman–Crippen MR) is 69.1 cm³/mol. The molecule has 5 heteroatoms. The van der Waals surface area contributed by atoms with Crippen molar-refractivity contribution in [3.8, 4) is 17.3 Å². The van der Waals surface area contributed by atoms with Gasteiger partial charge in [-0.3, -0.25) is 0 Å². The molecule has 0 amide bonds. The number of hydrogen-bond donors (Lipinski definition) is 0. The molecule has 0 radical (unpaired) electrons. The SMILES string of the molecule is CCOC(=O)Oc1nc(-c2ccc(C)cc2)oc1C. The predicted octanol–water partition coefficient (Wildman–Crippen LogP) is 3.49. The van der Waals surface area contributed by atoms with Gasteiger partial charge >= 0.3 is 6.16 Å². The third-order valence-electron chi connectivity index (χ3n) is 2.49. The highest BCUT2D eigenvalue weighted by atomic mass is 16.7. The average Bonchev–Trinajstić information content (AvgIpc) is 2.72. The van der Waals surface area contributed by atoms with Crippen LogP contribution in [0.1, 0.15) is 18.2 Å². The third-order valence-corrected chi connectivity index (χ3v) is 2.49. The smallest absolute Gasteiger partial charge is 0.437 e. The Morgan fingerprint density at radius 3 is 2.58 bits per heavy atom. The molecule has 0 fully saturated rings. The highest BCUT2D eigenvalue weighted by Crippen LogP contribution is 2.26. The lowest BCUT2D eigenvalue weighted by molar-refractivity contribution is 0.102. The van der Waals surface area contributed by atoms with Crippen molar-refractivity contribution in [2.45, 2.75) is 20.8 Å². The molecular formula is C14H15NO4. The van der Waals surface area contributed by atoms with Gasteiger partial charge in [0, 0.05) is 5.56 Å². The monoisotopic (exact) mass is 261 g/mol. The summed E-state index contributed by atoms with van der Waals surface area (Å²) in [5, 5.41) is 0. The fourth-order valence-electron chi connectivity index (χ4n) is 1.52. The van der Waals surface area contributed by atoms with E-state index in [0.717, 1.165) is 11.1 Å². The van der Waals surface area contributed by atoms with Gasteiger partial charge in [-0.2, -0.15) is 4.98 Å². The molecule has 0 saturated carbocycles. The lowest BCUT2D eigenvalue weighted by Crippen LogP contribution is -2.10. The van der Waals surface area contributed by atoms with Crippen molar-refractivity contribution in [2.75, 3.05) is 6.61 Å². The molecule has 0 spiro atoms. The Balaban J connectivity index is 2.21. The molecule has 0 aliphatic heterocycles. The second-order valence-corrected chi connectivity index (χ2v) is 4.03. The van der Waals surface area contributed by atoms with Gasteiger partial charge in [-0.25, -0.2) is 4.79 Å². The summed E-state index contributed by atoms with van der Waals surface area (Å²) in [5.74, 6) is 0.981. The Morgan fingerprint density at radius 2 is 1.95 bits per heavy atom. The van der Waals surface area contributed by atoms with Crippen LogP contribution in [-0.4, -0.2) is 17.7 Å². The molecule has 0 N–H and O–H groups in total. The average molecular weight is 261 g/mol. The van der Waals surface area contributed by atoms with E-state index in [9.17, 15) is 4.79 Å². The molecule has 1 heterocycles. The minimum atomic E-state index is -0.783. The maximum Gasteiger partial charge on any atom is 0.515 e. The van der Waals surface area contributed by atoms with Gasteiger partial charge in [-0.1, -0.05) is 17.7 Å². The molecule has 0 aliphatic rings. The molecule has 2 aromatic rings. The van der Waals surface area contributed by atoms with Crippen molar-refractivity contribution >= 4 is 6.16 Å². The zero-order valence-electron chi connectivity index (χ0n) is 11.1. The first-order chi connectivity index (χ1) is 9.10. The number of oxazole rings is 1. The fourth-order valence-corrected chi connectivity index (χ4v) is 1.52. The summed E-state index contributed by atoms with van der Waals surface area (Å²) >= 11 is 0. The number of nitrogens with zero attached hydrogens (tertiary/aromatic N) is 1. The Bertz CT molecular complexity index is 572. The summed E-state index contributed by atoms with van der Waals surface area (Å²) in [6.07, 6.45) is -0.783. The highest BCUT2D eigenvalue weighted by Gasteiger charge is 2.16. The van der Waals surface area contributed by atoms with E-state index in [1.165, 1.54) is 0 Å². The standard InChI is InChI=1S/C14H15NO4/c1-4-17-14(16)19-12-10(3)18-13(15-12)11-7-5-9(2)6-8-11/h5-8H,4H2,1-3H3. The molecule has 19 heavy (non-hydrogen) atoms.